The maximum absolute atomic E-state index is 11.6. The number of hydrogen-bond donors (Lipinski definition) is 2. The standard InChI is InChI=1S/C17H26N2O2/c1-2-19(12-14-7-6-10-18-11-14)13-16(17(20)21)15-8-4-3-5-9-15/h3-5,8-9,14,16,18H,2,6-7,10-13H2,1H3,(H,20,21). The molecule has 0 aromatic heterocycles. The molecule has 1 aromatic carbocycles. The lowest BCUT2D eigenvalue weighted by atomic mass is 9.96. The molecule has 0 amide bonds. The van der Waals surface area contributed by atoms with Gasteiger partial charge in [-0.15, -0.1) is 0 Å². The predicted molar refractivity (Wildman–Crippen MR) is 84.5 cm³/mol. The summed E-state index contributed by atoms with van der Waals surface area (Å²) < 4.78 is 0. The van der Waals surface area contributed by atoms with Gasteiger partial charge in [-0.1, -0.05) is 37.3 Å². The van der Waals surface area contributed by atoms with Crippen LogP contribution in [0.3, 0.4) is 0 Å². The first-order valence-electron chi connectivity index (χ1n) is 7.91. The molecular weight excluding hydrogens is 264 g/mol. The zero-order valence-corrected chi connectivity index (χ0v) is 12.8. The van der Waals surface area contributed by atoms with Gasteiger partial charge in [-0.05, 0) is 44.0 Å². The normalized spacial score (nSPS) is 20.4. The number of hydrogen-bond acceptors (Lipinski definition) is 3. The SMILES string of the molecule is CCN(CC1CCCNC1)CC(C(=O)O)c1ccccc1. The minimum Gasteiger partial charge on any atom is -0.481 e. The average Bonchev–Trinajstić information content (AvgIpc) is 2.52. The molecule has 1 aliphatic rings. The van der Waals surface area contributed by atoms with Gasteiger partial charge in [0.15, 0.2) is 0 Å². The number of nitrogens with zero attached hydrogens (tertiary/aromatic N) is 1. The minimum absolute atomic E-state index is 0.442. The summed E-state index contributed by atoms with van der Waals surface area (Å²) in [4.78, 5) is 13.9. The molecule has 4 heteroatoms. The van der Waals surface area contributed by atoms with Crippen LogP contribution in [0.15, 0.2) is 30.3 Å². The second-order valence-electron chi connectivity index (χ2n) is 5.87. The average molecular weight is 290 g/mol. The van der Waals surface area contributed by atoms with Crippen LogP contribution in [0.4, 0.5) is 0 Å². The van der Waals surface area contributed by atoms with Crippen LogP contribution in [-0.4, -0.2) is 48.7 Å². The summed E-state index contributed by atoms with van der Waals surface area (Å²) in [5, 5.41) is 13.0. The van der Waals surface area contributed by atoms with E-state index in [-0.39, 0.29) is 0 Å². The lowest BCUT2D eigenvalue weighted by molar-refractivity contribution is -0.139. The van der Waals surface area contributed by atoms with Gasteiger partial charge in [0.05, 0.1) is 5.92 Å². The van der Waals surface area contributed by atoms with Crippen LogP contribution in [0.5, 0.6) is 0 Å². The molecule has 21 heavy (non-hydrogen) atoms. The van der Waals surface area contributed by atoms with Crippen LogP contribution in [0.25, 0.3) is 0 Å². The Morgan fingerprint density at radius 3 is 2.76 bits per heavy atom. The van der Waals surface area contributed by atoms with Crippen LogP contribution in [0, 0.1) is 5.92 Å². The van der Waals surface area contributed by atoms with Gasteiger partial charge in [0.25, 0.3) is 0 Å². The van der Waals surface area contributed by atoms with E-state index >= 15 is 0 Å². The second-order valence-corrected chi connectivity index (χ2v) is 5.87. The zero-order chi connectivity index (χ0) is 15.1. The minimum atomic E-state index is -0.735. The Labute approximate surface area is 127 Å². The quantitative estimate of drug-likeness (QED) is 0.808. The number of piperidine rings is 1. The molecule has 1 heterocycles. The van der Waals surface area contributed by atoms with Crippen molar-refractivity contribution in [1.29, 1.82) is 0 Å². The third-order valence-electron chi connectivity index (χ3n) is 4.30. The Balaban J connectivity index is 1.98. The Morgan fingerprint density at radius 1 is 1.43 bits per heavy atom. The third kappa shape index (κ3) is 4.83. The Morgan fingerprint density at radius 2 is 2.19 bits per heavy atom. The van der Waals surface area contributed by atoms with Crippen molar-refractivity contribution in [3.63, 3.8) is 0 Å². The summed E-state index contributed by atoms with van der Waals surface area (Å²) >= 11 is 0. The van der Waals surface area contributed by atoms with Gasteiger partial charge in [0, 0.05) is 13.1 Å². The Kier molecular flexibility index (Phi) is 6.21. The van der Waals surface area contributed by atoms with Crippen molar-refractivity contribution in [3.8, 4) is 0 Å². The number of carbonyl (C=O) groups is 1. The van der Waals surface area contributed by atoms with Crippen molar-refractivity contribution >= 4 is 5.97 Å². The lowest BCUT2D eigenvalue weighted by Gasteiger charge is -2.31. The van der Waals surface area contributed by atoms with Gasteiger partial charge in [-0.25, -0.2) is 0 Å². The number of rotatable bonds is 7. The lowest BCUT2D eigenvalue weighted by Crippen LogP contribution is -2.40. The van der Waals surface area contributed by atoms with Gasteiger partial charge < -0.3 is 15.3 Å². The van der Waals surface area contributed by atoms with Crippen molar-refractivity contribution in [1.82, 2.24) is 10.2 Å². The van der Waals surface area contributed by atoms with E-state index in [1.54, 1.807) is 0 Å². The molecule has 0 aliphatic carbocycles. The summed E-state index contributed by atoms with van der Waals surface area (Å²) in [5.41, 5.74) is 0.894. The number of likely N-dealkylation sites (N-methyl/N-ethyl adjacent to an activating group) is 1. The smallest absolute Gasteiger partial charge is 0.312 e. The molecule has 1 saturated heterocycles. The molecule has 1 aliphatic heterocycles. The molecule has 0 radical (unpaired) electrons. The van der Waals surface area contributed by atoms with Crippen LogP contribution in [0.2, 0.25) is 0 Å². The molecule has 0 spiro atoms. The van der Waals surface area contributed by atoms with Crippen molar-refractivity contribution in [3.05, 3.63) is 35.9 Å². The largest absolute Gasteiger partial charge is 0.481 e. The first-order valence-corrected chi connectivity index (χ1v) is 7.91. The fourth-order valence-corrected chi connectivity index (χ4v) is 3.05. The molecule has 0 saturated carbocycles. The number of carboxylic acid groups (broad SMARTS) is 1. The van der Waals surface area contributed by atoms with E-state index in [2.05, 4.69) is 17.1 Å². The van der Waals surface area contributed by atoms with Crippen molar-refractivity contribution in [2.75, 3.05) is 32.7 Å². The highest BCUT2D eigenvalue weighted by Gasteiger charge is 2.24. The van der Waals surface area contributed by atoms with Crippen LogP contribution in [-0.2, 0) is 4.79 Å². The summed E-state index contributed by atoms with van der Waals surface area (Å²) in [6, 6.07) is 9.57. The fraction of sp³-hybridized carbons (Fsp3) is 0.588. The number of aliphatic carboxylic acids is 1. The van der Waals surface area contributed by atoms with Gasteiger partial charge in [-0.2, -0.15) is 0 Å². The van der Waals surface area contributed by atoms with Gasteiger partial charge in [-0.3, -0.25) is 4.79 Å². The van der Waals surface area contributed by atoms with Gasteiger partial charge >= 0.3 is 5.97 Å². The monoisotopic (exact) mass is 290 g/mol. The first kappa shape index (κ1) is 16.0. The highest BCUT2D eigenvalue weighted by Crippen LogP contribution is 2.19. The third-order valence-corrected chi connectivity index (χ3v) is 4.30. The number of benzene rings is 1. The maximum atomic E-state index is 11.6. The van der Waals surface area contributed by atoms with Crippen molar-refractivity contribution < 1.29 is 9.90 Å². The summed E-state index contributed by atoms with van der Waals surface area (Å²) in [5.74, 6) is -0.534. The highest BCUT2D eigenvalue weighted by atomic mass is 16.4. The molecule has 4 nitrogen and oxygen atoms in total. The Hall–Kier alpha value is -1.39. The van der Waals surface area contributed by atoms with E-state index in [4.69, 9.17) is 0 Å². The number of nitrogens with one attached hydrogen (secondary N) is 1. The van der Waals surface area contributed by atoms with E-state index in [1.165, 1.54) is 12.8 Å². The molecule has 2 N–H and O–H groups in total. The Bertz CT molecular complexity index is 430. The van der Waals surface area contributed by atoms with Gasteiger partial charge in [0.1, 0.15) is 0 Å². The summed E-state index contributed by atoms with van der Waals surface area (Å²) in [7, 11) is 0. The molecule has 116 valence electrons. The number of carboxylic acids is 1. The molecule has 2 unspecified atom stereocenters. The van der Waals surface area contributed by atoms with Crippen molar-refractivity contribution in [2.45, 2.75) is 25.7 Å². The molecule has 1 aromatic rings. The summed E-state index contributed by atoms with van der Waals surface area (Å²) in [6.07, 6.45) is 2.47. The molecule has 2 atom stereocenters. The predicted octanol–water partition coefficient (Wildman–Crippen LogP) is 2.18. The van der Waals surface area contributed by atoms with Crippen LogP contribution >= 0.6 is 0 Å². The maximum Gasteiger partial charge on any atom is 0.312 e. The topological polar surface area (TPSA) is 52.6 Å². The van der Waals surface area contributed by atoms with Crippen molar-refractivity contribution in [2.24, 2.45) is 5.92 Å². The second kappa shape index (κ2) is 8.15. The molecular formula is C17H26N2O2. The van der Waals surface area contributed by atoms with E-state index in [0.717, 1.165) is 31.7 Å². The van der Waals surface area contributed by atoms with Gasteiger partial charge in [0.2, 0.25) is 0 Å². The molecule has 1 fully saturated rings. The molecule has 0 bridgehead atoms. The zero-order valence-electron chi connectivity index (χ0n) is 12.8. The fourth-order valence-electron chi connectivity index (χ4n) is 3.05. The van der Waals surface area contributed by atoms with E-state index in [1.807, 2.05) is 30.3 Å². The van der Waals surface area contributed by atoms with E-state index in [0.29, 0.717) is 12.5 Å². The van der Waals surface area contributed by atoms with Crippen LogP contribution in [0.1, 0.15) is 31.2 Å². The first-order chi connectivity index (χ1) is 10.2. The highest BCUT2D eigenvalue weighted by molar-refractivity contribution is 5.76. The van der Waals surface area contributed by atoms with E-state index < -0.39 is 11.9 Å². The van der Waals surface area contributed by atoms with E-state index in [9.17, 15) is 9.90 Å². The summed E-state index contributed by atoms with van der Waals surface area (Å²) in [6.45, 7) is 6.75. The molecule has 2 rings (SSSR count). The van der Waals surface area contributed by atoms with Crippen LogP contribution < -0.4 is 5.32 Å².